The van der Waals surface area contributed by atoms with Crippen molar-refractivity contribution in [3.05, 3.63) is 29.8 Å². The van der Waals surface area contributed by atoms with Crippen molar-refractivity contribution in [2.24, 2.45) is 5.41 Å². The van der Waals surface area contributed by atoms with Gasteiger partial charge in [0, 0.05) is 18.8 Å². The molecule has 0 spiro atoms. The van der Waals surface area contributed by atoms with E-state index in [1.807, 2.05) is 19.1 Å². The van der Waals surface area contributed by atoms with E-state index in [1.54, 1.807) is 19.2 Å². The molecular weight excluding hydrogens is 290 g/mol. The molecule has 0 bridgehead atoms. The Morgan fingerprint density at radius 2 is 1.95 bits per heavy atom. The quantitative estimate of drug-likeness (QED) is 0.800. The van der Waals surface area contributed by atoms with Gasteiger partial charge in [-0.1, -0.05) is 12.1 Å². The van der Waals surface area contributed by atoms with Crippen LogP contribution in [0.15, 0.2) is 24.3 Å². The SMILES string of the molecule is CCOC[C@]1(C#N)[C@H](c2ccc(OC)cc2)[C@H]1S(C)(=O)=O. The number of ether oxygens (including phenoxy) is 2. The fourth-order valence-corrected chi connectivity index (χ4v) is 4.77. The van der Waals surface area contributed by atoms with E-state index in [2.05, 4.69) is 6.07 Å². The van der Waals surface area contributed by atoms with Crippen molar-refractivity contribution in [2.75, 3.05) is 26.6 Å². The molecule has 1 aromatic carbocycles. The minimum absolute atomic E-state index is 0.133. The van der Waals surface area contributed by atoms with Crippen molar-refractivity contribution >= 4 is 9.84 Å². The predicted molar refractivity (Wildman–Crippen MR) is 78.9 cm³/mol. The molecule has 5 nitrogen and oxygen atoms in total. The van der Waals surface area contributed by atoms with E-state index < -0.39 is 20.5 Å². The minimum atomic E-state index is -3.33. The van der Waals surface area contributed by atoms with Gasteiger partial charge >= 0.3 is 0 Å². The zero-order valence-electron chi connectivity index (χ0n) is 12.4. The van der Waals surface area contributed by atoms with Crippen molar-refractivity contribution in [3.63, 3.8) is 0 Å². The van der Waals surface area contributed by atoms with Crippen LogP contribution in [0.5, 0.6) is 5.75 Å². The van der Waals surface area contributed by atoms with E-state index in [9.17, 15) is 13.7 Å². The van der Waals surface area contributed by atoms with E-state index in [4.69, 9.17) is 9.47 Å². The second kappa shape index (κ2) is 5.66. The van der Waals surface area contributed by atoms with Gasteiger partial charge in [-0.15, -0.1) is 0 Å². The summed E-state index contributed by atoms with van der Waals surface area (Å²) in [4.78, 5) is 0. The highest BCUT2D eigenvalue weighted by molar-refractivity contribution is 7.91. The second-order valence-electron chi connectivity index (χ2n) is 5.29. The molecule has 21 heavy (non-hydrogen) atoms. The van der Waals surface area contributed by atoms with Gasteiger partial charge in [0.25, 0.3) is 0 Å². The van der Waals surface area contributed by atoms with Gasteiger partial charge in [0.05, 0.1) is 25.0 Å². The van der Waals surface area contributed by atoms with Crippen LogP contribution in [-0.2, 0) is 14.6 Å². The average molecular weight is 309 g/mol. The average Bonchev–Trinajstić information content (AvgIpc) is 3.15. The van der Waals surface area contributed by atoms with Gasteiger partial charge in [-0.05, 0) is 24.6 Å². The molecule has 1 aromatic rings. The van der Waals surface area contributed by atoms with Gasteiger partial charge in [-0.3, -0.25) is 0 Å². The third kappa shape index (κ3) is 2.76. The van der Waals surface area contributed by atoms with Gasteiger partial charge in [-0.2, -0.15) is 5.26 Å². The van der Waals surface area contributed by atoms with Crippen LogP contribution in [0.2, 0.25) is 0 Å². The Kier molecular flexibility index (Phi) is 4.26. The first-order valence-corrected chi connectivity index (χ1v) is 8.68. The Hall–Kier alpha value is -1.58. The summed E-state index contributed by atoms with van der Waals surface area (Å²) in [5.74, 6) is 0.345. The molecule has 6 heteroatoms. The van der Waals surface area contributed by atoms with E-state index >= 15 is 0 Å². The first kappa shape index (κ1) is 15.8. The Labute approximate surface area is 125 Å². The van der Waals surface area contributed by atoms with Crippen LogP contribution in [0, 0.1) is 16.7 Å². The van der Waals surface area contributed by atoms with Gasteiger partial charge < -0.3 is 9.47 Å². The first-order valence-electron chi connectivity index (χ1n) is 6.72. The summed E-state index contributed by atoms with van der Waals surface area (Å²) in [6.07, 6.45) is 1.18. The number of methoxy groups -OCH3 is 1. The maximum Gasteiger partial charge on any atom is 0.152 e. The zero-order chi connectivity index (χ0) is 15.7. The van der Waals surface area contributed by atoms with E-state index in [1.165, 1.54) is 6.26 Å². The Bertz CT molecular complexity index is 647. The lowest BCUT2D eigenvalue weighted by Crippen LogP contribution is -2.18. The fraction of sp³-hybridized carbons (Fsp3) is 0.533. The van der Waals surface area contributed by atoms with Crippen LogP contribution < -0.4 is 4.74 Å². The van der Waals surface area contributed by atoms with Crippen molar-refractivity contribution in [1.29, 1.82) is 5.26 Å². The predicted octanol–water partition coefficient (Wildman–Crippen LogP) is 1.75. The van der Waals surface area contributed by atoms with Gasteiger partial charge in [0.15, 0.2) is 9.84 Å². The molecule has 1 aliphatic carbocycles. The third-order valence-corrected chi connectivity index (χ3v) is 5.56. The standard InChI is InChI=1S/C15H19NO4S/c1-4-20-10-15(9-16)13(14(15)21(3,17)18)11-5-7-12(19-2)8-6-11/h5-8,13-14H,4,10H2,1-3H3/t13-,14-,15-/m1/s1. The van der Waals surface area contributed by atoms with Gasteiger partial charge in [0.1, 0.15) is 11.2 Å². The number of rotatable bonds is 6. The maximum atomic E-state index is 12.0. The largest absolute Gasteiger partial charge is 0.497 e. The molecule has 0 aliphatic heterocycles. The Morgan fingerprint density at radius 1 is 1.33 bits per heavy atom. The van der Waals surface area contributed by atoms with E-state index in [0.29, 0.717) is 12.4 Å². The molecule has 0 N–H and O–H groups in total. The van der Waals surface area contributed by atoms with Crippen LogP contribution in [0.1, 0.15) is 18.4 Å². The molecule has 3 atom stereocenters. The fourth-order valence-electron chi connectivity index (χ4n) is 2.93. The van der Waals surface area contributed by atoms with Crippen LogP contribution in [-0.4, -0.2) is 40.2 Å². The summed E-state index contributed by atoms with van der Waals surface area (Å²) in [6.45, 7) is 2.41. The molecule has 0 saturated heterocycles. The summed E-state index contributed by atoms with van der Waals surface area (Å²) in [5.41, 5.74) is -0.162. The Morgan fingerprint density at radius 3 is 2.38 bits per heavy atom. The normalized spacial score (nSPS) is 27.9. The lowest BCUT2D eigenvalue weighted by Gasteiger charge is -2.09. The third-order valence-electron chi connectivity index (χ3n) is 3.95. The van der Waals surface area contributed by atoms with E-state index in [-0.39, 0.29) is 12.5 Å². The number of hydrogen-bond acceptors (Lipinski definition) is 5. The number of benzene rings is 1. The van der Waals surface area contributed by atoms with Crippen molar-refractivity contribution < 1.29 is 17.9 Å². The molecule has 114 valence electrons. The lowest BCUT2D eigenvalue weighted by molar-refractivity contribution is 0.117. The van der Waals surface area contributed by atoms with Crippen LogP contribution in [0.3, 0.4) is 0 Å². The zero-order valence-corrected chi connectivity index (χ0v) is 13.2. The summed E-state index contributed by atoms with van der Waals surface area (Å²) in [7, 11) is -1.76. The van der Waals surface area contributed by atoms with Crippen molar-refractivity contribution in [3.8, 4) is 11.8 Å². The summed E-state index contributed by atoms with van der Waals surface area (Å²) in [5, 5.41) is 8.82. The maximum absolute atomic E-state index is 12.0. The summed E-state index contributed by atoms with van der Waals surface area (Å²) in [6, 6.07) is 9.36. The molecule has 0 aromatic heterocycles. The number of sulfone groups is 1. The van der Waals surface area contributed by atoms with Gasteiger partial charge in [-0.25, -0.2) is 8.42 Å². The van der Waals surface area contributed by atoms with E-state index in [0.717, 1.165) is 5.56 Å². The minimum Gasteiger partial charge on any atom is -0.497 e. The number of hydrogen-bond donors (Lipinski definition) is 0. The van der Waals surface area contributed by atoms with Crippen LogP contribution in [0.4, 0.5) is 0 Å². The summed E-state index contributed by atoms with van der Waals surface area (Å²) < 4.78 is 34.5. The molecule has 0 radical (unpaired) electrons. The van der Waals surface area contributed by atoms with Crippen LogP contribution in [0.25, 0.3) is 0 Å². The molecule has 0 heterocycles. The molecule has 1 aliphatic rings. The molecule has 0 unspecified atom stereocenters. The monoisotopic (exact) mass is 309 g/mol. The smallest absolute Gasteiger partial charge is 0.152 e. The van der Waals surface area contributed by atoms with Crippen molar-refractivity contribution in [1.82, 2.24) is 0 Å². The Balaban J connectivity index is 2.37. The highest BCUT2D eigenvalue weighted by Gasteiger charge is 2.71. The number of nitriles is 1. The van der Waals surface area contributed by atoms with Crippen molar-refractivity contribution in [2.45, 2.75) is 18.1 Å². The number of nitrogens with zero attached hydrogens (tertiary/aromatic N) is 1. The first-order chi connectivity index (χ1) is 9.90. The molecular formula is C15H19NO4S. The lowest BCUT2D eigenvalue weighted by atomic mass is 10.0. The van der Waals surface area contributed by atoms with Crippen LogP contribution >= 0.6 is 0 Å². The molecule has 2 rings (SSSR count). The topological polar surface area (TPSA) is 76.4 Å². The van der Waals surface area contributed by atoms with Gasteiger partial charge in [0.2, 0.25) is 0 Å². The second-order valence-corrected chi connectivity index (χ2v) is 7.46. The molecule has 0 amide bonds. The highest BCUT2D eigenvalue weighted by atomic mass is 32.2. The highest BCUT2D eigenvalue weighted by Crippen LogP contribution is 2.62. The molecule has 1 fully saturated rings. The molecule has 1 saturated carbocycles. The summed E-state index contributed by atoms with van der Waals surface area (Å²) >= 11 is 0.